The quantitative estimate of drug-likeness (QED) is 0.699. The molecule has 3 nitrogen and oxygen atoms in total. The van der Waals surface area contributed by atoms with Gasteiger partial charge >= 0.3 is 0 Å². The average molecular weight is 226 g/mol. The fourth-order valence-corrected chi connectivity index (χ4v) is 2.27. The number of carbonyl (C=O) groups excluding carboxylic acids is 1. The molecule has 0 heterocycles. The first-order chi connectivity index (χ1) is 7.56. The number of hydrogen-bond acceptors (Lipinski definition) is 2. The van der Waals surface area contributed by atoms with Crippen LogP contribution < -0.4 is 11.1 Å². The third kappa shape index (κ3) is 3.48. The molecule has 0 spiro atoms. The van der Waals surface area contributed by atoms with Crippen molar-refractivity contribution in [1.82, 2.24) is 5.32 Å². The number of nitrogens with one attached hydrogen (secondary N) is 1. The molecule has 0 aliphatic heterocycles. The maximum Gasteiger partial charge on any atom is 0.221 e. The Morgan fingerprint density at radius 2 is 1.81 bits per heavy atom. The molecular formula is C13H26N2O. The number of hydrogen-bond donors (Lipinski definition) is 2. The van der Waals surface area contributed by atoms with Gasteiger partial charge in [0, 0.05) is 18.0 Å². The highest BCUT2D eigenvalue weighted by molar-refractivity contribution is 5.77. The van der Waals surface area contributed by atoms with Crippen molar-refractivity contribution in [2.24, 2.45) is 11.7 Å². The van der Waals surface area contributed by atoms with Crippen LogP contribution in [0.4, 0.5) is 0 Å². The fourth-order valence-electron chi connectivity index (χ4n) is 2.27. The molecule has 1 unspecified atom stereocenters. The molecule has 1 aliphatic carbocycles. The van der Waals surface area contributed by atoms with E-state index in [0.29, 0.717) is 12.3 Å². The number of amides is 1. The molecule has 94 valence electrons. The minimum atomic E-state index is -0.0135. The van der Waals surface area contributed by atoms with Crippen LogP contribution in [0, 0.1) is 5.92 Å². The van der Waals surface area contributed by atoms with Crippen LogP contribution in [0.15, 0.2) is 0 Å². The van der Waals surface area contributed by atoms with E-state index in [1.807, 2.05) is 0 Å². The van der Waals surface area contributed by atoms with Gasteiger partial charge in [0.15, 0.2) is 0 Å². The van der Waals surface area contributed by atoms with Gasteiger partial charge in [-0.25, -0.2) is 0 Å². The normalized spacial score (nSPS) is 18.2. The molecule has 1 fully saturated rings. The van der Waals surface area contributed by atoms with Crippen molar-refractivity contribution in [1.29, 1.82) is 0 Å². The lowest BCUT2D eigenvalue weighted by molar-refractivity contribution is -0.123. The van der Waals surface area contributed by atoms with Crippen LogP contribution in [0.2, 0.25) is 0 Å². The highest BCUT2D eigenvalue weighted by atomic mass is 16.1. The summed E-state index contributed by atoms with van der Waals surface area (Å²) in [5.74, 6) is 0.731. The van der Waals surface area contributed by atoms with Crippen molar-refractivity contribution < 1.29 is 4.79 Å². The van der Waals surface area contributed by atoms with Gasteiger partial charge in [-0.2, -0.15) is 0 Å². The molecule has 0 aromatic carbocycles. The lowest BCUT2D eigenvalue weighted by atomic mass is 9.89. The summed E-state index contributed by atoms with van der Waals surface area (Å²) in [7, 11) is 0. The second-order valence-corrected chi connectivity index (χ2v) is 5.09. The van der Waals surface area contributed by atoms with Crippen LogP contribution in [0.5, 0.6) is 0 Å². The van der Waals surface area contributed by atoms with Crippen molar-refractivity contribution in [2.45, 2.75) is 70.9 Å². The van der Waals surface area contributed by atoms with Crippen LogP contribution in [-0.4, -0.2) is 17.5 Å². The summed E-state index contributed by atoms with van der Waals surface area (Å²) < 4.78 is 0. The summed E-state index contributed by atoms with van der Waals surface area (Å²) >= 11 is 0. The Labute approximate surface area is 99.2 Å². The largest absolute Gasteiger partial charge is 0.351 e. The van der Waals surface area contributed by atoms with Crippen LogP contribution in [0.25, 0.3) is 0 Å². The molecule has 1 aliphatic rings. The van der Waals surface area contributed by atoms with Crippen molar-refractivity contribution >= 4 is 5.91 Å². The van der Waals surface area contributed by atoms with E-state index in [-0.39, 0.29) is 17.5 Å². The average Bonchev–Trinajstić information content (AvgIpc) is 3.09. The zero-order valence-corrected chi connectivity index (χ0v) is 10.9. The summed E-state index contributed by atoms with van der Waals surface area (Å²) in [6.07, 6.45) is 5.87. The van der Waals surface area contributed by atoms with Crippen molar-refractivity contribution in [3.8, 4) is 0 Å². The smallest absolute Gasteiger partial charge is 0.221 e. The Morgan fingerprint density at radius 3 is 2.19 bits per heavy atom. The second-order valence-electron chi connectivity index (χ2n) is 5.09. The molecule has 0 aromatic heterocycles. The number of carbonyl (C=O) groups is 1. The molecule has 1 atom stereocenters. The molecule has 3 heteroatoms. The maximum absolute atomic E-state index is 11.9. The minimum absolute atomic E-state index is 0.0135. The van der Waals surface area contributed by atoms with E-state index in [1.165, 1.54) is 12.8 Å². The maximum atomic E-state index is 11.9. The highest BCUT2D eigenvalue weighted by Crippen LogP contribution is 2.32. The second kappa shape index (κ2) is 5.67. The monoisotopic (exact) mass is 226 g/mol. The molecule has 0 radical (unpaired) electrons. The Hall–Kier alpha value is -0.570. The zero-order chi connectivity index (χ0) is 12.2. The van der Waals surface area contributed by atoms with E-state index < -0.39 is 0 Å². The van der Waals surface area contributed by atoms with Gasteiger partial charge in [0.25, 0.3) is 0 Å². The summed E-state index contributed by atoms with van der Waals surface area (Å²) in [5.41, 5.74) is 5.95. The zero-order valence-electron chi connectivity index (χ0n) is 10.9. The predicted molar refractivity (Wildman–Crippen MR) is 67.1 cm³/mol. The fraction of sp³-hybridized carbons (Fsp3) is 0.923. The van der Waals surface area contributed by atoms with Crippen molar-refractivity contribution in [3.63, 3.8) is 0 Å². The van der Waals surface area contributed by atoms with E-state index >= 15 is 0 Å². The van der Waals surface area contributed by atoms with Gasteiger partial charge in [-0.1, -0.05) is 20.8 Å². The lowest BCUT2D eigenvalue weighted by Gasteiger charge is -2.32. The summed E-state index contributed by atoms with van der Waals surface area (Å²) in [6.45, 7) is 6.40. The van der Waals surface area contributed by atoms with Gasteiger partial charge in [0.05, 0.1) is 0 Å². The van der Waals surface area contributed by atoms with E-state index in [1.54, 1.807) is 0 Å². The molecular weight excluding hydrogens is 200 g/mol. The van der Waals surface area contributed by atoms with E-state index in [9.17, 15) is 4.79 Å². The van der Waals surface area contributed by atoms with Gasteiger partial charge in [-0.15, -0.1) is 0 Å². The molecule has 3 N–H and O–H groups in total. The molecule has 16 heavy (non-hydrogen) atoms. The van der Waals surface area contributed by atoms with Crippen LogP contribution >= 0.6 is 0 Å². The molecule has 1 amide bonds. The topological polar surface area (TPSA) is 55.1 Å². The summed E-state index contributed by atoms with van der Waals surface area (Å²) in [6, 6.07) is 0.0725. The van der Waals surface area contributed by atoms with E-state index in [2.05, 4.69) is 26.1 Å². The molecule has 0 aromatic rings. The van der Waals surface area contributed by atoms with Gasteiger partial charge in [0.2, 0.25) is 5.91 Å². The molecule has 0 bridgehead atoms. The minimum Gasteiger partial charge on any atom is -0.351 e. The predicted octanol–water partition coefficient (Wildman–Crippen LogP) is 2.20. The lowest BCUT2D eigenvalue weighted by Crippen LogP contribution is -2.48. The van der Waals surface area contributed by atoms with Crippen LogP contribution in [0.3, 0.4) is 0 Å². The standard InChI is InChI=1S/C13H26N2O/c1-4-13(5-2,6-3)15-12(16)9-11(14)10-7-8-10/h10-11H,4-9,14H2,1-3H3,(H,15,16). The van der Waals surface area contributed by atoms with Crippen molar-refractivity contribution in [3.05, 3.63) is 0 Å². The Morgan fingerprint density at radius 1 is 1.31 bits per heavy atom. The SMILES string of the molecule is CCC(CC)(CC)NC(=O)CC(N)C1CC1. The first kappa shape index (κ1) is 13.5. The van der Waals surface area contributed by atoms with Gasteiger partial charge in [-0.05, 0) is 38.0 Å². The molecule has 1 rings (SSSR count). The highest BCUT2D eigenvalue weighted by Gasteiger charge is 2.32. The first-order valence-corrected chi connectivity index (χ1v) is 6.63. The third-order valence-electron chi connectivity index (χ3n) is 4.08. The summed E-state index contributed by atoms with van der Waals surface area (Å²) in [4.78, 5) is 11.9. The van der Waals surface area contributed by atoms with Crippen LogP contribution in [0.1, 0.15) is 59.3 Å². The Bertz CT molecular complexity index is 224. The first-order valence-electron chi connectivity index (χ1n) is 6.63. The van der Waals surface area contributed by atoms with E-state index in [0.717, 1.165) is 19.3 Å². The van der Waals surface area contributed by atoms with Gasteiger partial charge in [-0.3, -0.25) is 4.79 Å². The Balaban J connectivity index is 2.41. The Kier molecular flexibility index (Phi) is 4.78. The van der Waals surface area contributed by atoms with Crippen LogP contribution in [-0.2, 0) is 4.79 Å². The number of rotatable bonds is 7. The molecule has 0 saturated heterocycles. The number of nitrogens with two attached hydrogens (primary N) is 1. The summed E-state index contributed by atoms with van der Waals surface area (Å²) in [5, 5.41) is 3.17. The van der Waals surface area contributed by atoms with Crippen molar-refractivity contribution in [2.75, 3.05) is 0 Å². The third-order valence-corrected chi connectivity index (χ3v) is 4.08. The van der Waals surface area contributed by atoms with Gasteiger partial charge in [0.1, 0.15) is 0 Å². The molecule has 1 saturated carbocycles. The van der Waals surface area contributed by atoms with E-state index in [4.69, 9.17) is 5.73 Å². The van der Waals surface area contributed by atoms with Gasteiger partial charge < -0.3 is 11.1 Å².